The van der Waals surface area contributed by atoms with Crippen LogP contribution in [0.4, 0.5) is 0 Å². The van der Waals surface area contributed by atoms with Crippen LogP contribution in [0, 0.1) is 11.8 Å². The van der Waals surface area contributed by atoms with Crippen LogP contribution in [0.25, 0.3) is 0 Å². The summed E-state index contributed by atoms with van der Waals surface area (Å²) in [4.78, 5) is 12.3. The molecule has 1 heterocycles. The zero-order valence-electron chi connectivity index (χ0n) is 16.7. The SMILES string of the molecule is COC(=O)C1CC2CC1NC(c1ccccc1)C2NCc1cc(Cl)ccc1OC. The van der Waals surface area contributed by atoms with Crippen molar-refractivity contribution < 1.29 is 14.3 Å². The van der Waals surface area contributed by atoms with Crippen LogP contribution in [0.2, 0.25) is 5.02 Å². The molecule has 2 aliphatic rings. The van der Waals surface area contributed by atoms with Crippen LogP contribution in [-0.2, 0) is 16.1 Å². The van der Waals surface area contributed by atoms with E-state index in [2.05, 4.69) is 34.9 Å². The van der Waals surface area contributed by atoms with E-state index in [1.807, 2.05) is 24.3 Å². The Labute approximate surface area is 176 Å². The first-order chi connectivity index (χ1) is 14.1. The standard InChI is InChI=1S/C23H27ClN2O3/c1-28-20-9-8-17(24)10-16(20)13-25-21-15-11-18(23(27)29-2)19(12-15)26-22(21)14-6-4-3-5-7-14/h3-10,15,18-19,21-22,25-26H,11-13H2,1-2H3. The van der Waals surface area contributed by atoms with Crippen LogP contribution in [0.15, 0.2) is 48.5 Å². The molecular weight excluding hydrogens is 388 g/mol. The monoisotopic (exact) mass is 414 g/mol. The van der Waals surface area contributed by atoms with Crippen LogP contribution in [0.1, 0.15) is 30.0 Å². The van der Waals surface area contributed by atoms with Gasteiger partial charge in [-0.1, -0.05) is 41.9 Å². The number of methoxy groups -OCH3 is 2. The average Bonchev–Trinajstić information content (AvgIpc) is 3.10. The second-order valence-corrected chi connectivity index (χ2v) is 8.32. The van der Waals surface area contributed by atoms with Gasteiger partial charge < -0.3 is 20.1 Å². The van der Waals surface area contributed by atoms with E-state index in [1.165, 1.54) is 12.7 Å². The number of ether oxygens (including phenoxy) is 2. The van der Waals surface area contributed by atoms with Crippen molar-refractivity contribution in [3.63, 3.8) is 0 Å². The highest BCUT2D eigenvalue weighted by Crippen LogP contribution is 2.43. The largest absolute Gasteiger partial charge is 0.496 e. The molecule has 154 valence electrons. The molecule has 0 aromatic heterocycles. The summed E-state index contributed by atoms with van der Waals surface area (Å²) in [5.74, 6) is 0.997. The van der Waals surface area contributed by atoms with E-state index in [0.29, 0.717) is 17.5 Å². The number of carbonyl (C=O) groups excluding carboxylic acids is 1. The summed E-state index contributed by atoms with van der Waals surface area (Å²) in [5, 5.41) is 8.16. The first-order valence-electron chi connectivity index (χ1n) is 10.1. The minimum atomic E-state index is -0.117. The normalized spacial score (nSPS) is 28.2. The molecular formula is C23H27ClN2O3. The molecule has 1 saturated heterocycles. The topological polar surface area (TPSA) is 59.6 Å². The van der Waals surface area contributed by atoms with Crippen molar-refractivity contribution in [1.82, 2.24) is 10.6 Å². The molecule has 1 aliphatic carbocycles. The Hall–Kier alpha value is -2.08. The molecule has 1 saturated carbocycles. The second-order valence-electron chi connectivity index (χ2n) is 7.89. The molecule has 2 N–H and O–H groups in total. The van der Waals surface area contributed by atoms with Crippen LogP contribution in [0.3, 0.4) is 0 Å². The lowest BCUT2D eigenvalue weighted by molar-refractivity contribution is -0.145. The fraction of sp³-hybridized carbons (Fsp3) is 0.435. The van der Waals surface area contributed by atoms with Crippen molar-refractivity contribution in [2.24, 2.45) is 11.8 Å². The Bertz CT molecular complexity index is 860. The van der Waals surface area contributed by atoms with Gasteiger partial charge in [0.05, 0.1) is 20.1 Å². The Morgan fingerprint density at radius 2 is 1.97 bits per heavy atom. The molecule has 5 nitrogen and oxygen atoms in total. The van der Waals surface area contributed by atoms with E-state index in [0.717, 1.165) is 24.2 Å². The third-order valence-corrected chi connectivity index (χ3v) is 6.53. The number of fused-ring (bicyclic) bond motifs is 2. The van der Waals surface area contributed by atoms with Gasteiger partial charge in [-0.2, -0.15) is 0 Å². The quantitative estimate of drug-likeness (QED) is 0.705. The fourth-order valence-electron chi connectivity index (χ4n) is 4.93. The summed E-state index contributed by atoms with van der Waals surface area (Å²) in [6, 6.07) is 16.6. The van der Waals surface area contributed by atoms with Crippen molar-refractivity contribution >= 4 is 17.6 Å². The van der Waals surface area contributed by atoms with Crippen molar-refractivity contribution in [1.29, 1.82) is 0 Å². The van der Waals surface area contributed by atoms with Crippen LogP contribution >= 0.6 is 11.6 Å². The van der Waals surface area contributed by atoms with Gasteiger partial charge in [0.15, 0.2) is 0 Å². The highest BCUT2D eigenvalue weighted by atomic mass is 35.5. The van der Waals surface area contributed by atoms with Gasteiger partial charge in [0.2, 0.25) is 0 Å². The lowest BCUT2D eigenvalue weighted by atomic mass is 9.84. The smallest absolute Gasteiger partial charge is 0.310 e. The summed E-state index contributed by atoms with van der Waals surface area (Å²) >= 11 is 6.21. The zero-order chi connectivity index (χ0) is 20.4. The fourth-order valence-corrected chi connectivity index (χ4v) is 5.13. The summed E-state index contributed by atoms with van der Waals surface area (Å²) < 4.78 is 10.6. The summed E-state index contributed by atoms with van der Waals surface area (Å²) in [7, 11) is 3.14. The Balaban J connectivity index is 1.59. The summed E-state index contributed by atoms with van der Waals surface area (Å²) in [6.45, 7) is 0.642. The molecule has 0 amide bonds. The maximum absolute atomic E-state index is 12.3. The van der Waals surface area contributed by atoms with E-state index in [1.54, 1.807) is 7.11 Å². The van der Waals surface area contributed by atoms with Crippen molar-refractivity contribution in [2.45, 2.75) is 37.5 Å². The Morgan fingerprint density at radius 1 is 1.17 bits per heavy atom. The van der Waals surface area contributed by atoms with Gasteiger partial charge in [0.1, 0.15) is 5.75 Å². The van der Waals surface area contributed by atoms with Crippen molar-refractivity contribution in [2.75, 3.05) is 14.2 Å². The number of halogens is 1. The molecule has 2 aromatic carbocycles. The highest BCUT2D eigenvalue weighted by Gasteiger charge is 2.49. The van der Waals surface area contributed by atoms with Gasteiger partial charge in [0, 0.05) is 35.3 Å². The predicted molar refractivity (Wildman–Crippen MR) is 113 cm³/mol. The molecule has 0 spiro atoms. The van der Waals surface area contributed by atoms with Gasteiger partial charge in [-0.3, -0.25) is 4.79 Å². The maximum Gasteiger partial charge on any atom is 0.310 e. The van der Waals surface area contributed by atoms with Gasteiger partial charge in [-0.15, -0.1) is 0 Å². The van der Waals surface area contributed by atoms with Crippen LogP contribution in [0.5, 0.6) is 5.75 Å². The maximum atomic E-state index is 12.3. The first kappa shape index (κ1) is 20.2. The molecule has 2 aromatic rings. The minimum absolute atomic E-state index is 0.0938. The molecule has 1 aliphatic heterocycles. The first-order valence-corrected chi connectivity index (χ1v) is 10.4. The number of nitrogens with one attached hydrogen (secondary N) is 2. The molecule has 29 heavy (non-hydrogen) atoms. The Morgan fingerprint density at radius 3 is 2.69 bits per heavy atom. The lowest BCUT2D eigenvalue weighted by Crippen LogP contribution is -2.52. The van der Waals surface area contributed by atoms with Gasteiger partial charge in [-0.05, 0) is 42.5 Å². The van der Waals surface area contributed by atoms with Gasteiger partial charge in [0.25, 0.3) is 0 Å². The number of carbonyl (C=O) groups is 1. The third kappa shape index (κ3) is 4.13. The minimum Gasteiger partial charge on any atom is -0.496 e. The van der Waals surface area contributed by atoms with E-state index >= 15 is 0 Å². The van der Waals surface area contributed by atoms with E-state index < -0.39 is 0 Å². The van der Waals surface area contributed by atoms with E-state index in [-0.39, 0.29) is 30.0 Å². The molecule has 5 atom stereocenters. The lowest BCUT2D eigenvalue weighted by Gasteiger charge is -2.39. The van der Waals surface area contributed by atoms with E-state index in [9.17, 15) is 4.79 Å². The number of piperidine rings is 1. The molecule has 6 heteroatoms. The molecule has 0 radical (unpaired) electrons. The third-order valence-electron chi connectivity index (χ3n) is 6.29. The predicted octanol–water partition coefficient (Wildman–Crippen LogP) is 3.72. The average molecular weight is 415 g/mol. The number of hydrogen-bond acceptors (Lipinski definition) is 5. The van der Waals surface area contributed by atoms with Crippen molar-refractivity contribution in [3.8, 4) is 5.75 Å². The molecule has 5 unspecified atom stereocenters. The summed E-state index contributed by atoms with van der Waals surface area (Å²) in [6.07, 6.45) is 1.80. The van der Waals surface area contributed by atoms with Crippen LogP contribution in [-0.4, -0.2) is 32.3 Å². The molecule has 2 fully saturated rings. The number of benzene rings is 2. The highest BCUT2D eigenvalue weighted by molar-refractivity contribution is 6.30. The zero-order valence-corrected chi connectivity index (χ0v) is 17.5. The van der Waals surface area contributed by atoms with Crippen molar-refractivity contribution in [3.05, 3.63) is 64.7 Å². The van der Waals surface area contributed by atoms with Gasteiger partial charge >= 0.3 is 5.97 Å². The van der Waals surface area contributed by atoms with E-state index in [4.69, 9.17) is 21.1 Å². The molecule has 4 rings (SSSR count). The Kier molecular flexibility index (Phi) is 6.09. The van der Waals surface area contributed by atoms with Gasteiger partial charge in [-0.25, -0.2) is 0 Å². The number of esters is 1. The molecule has 2 bridgehead atoms. The van der Waals surface area contributed by atoms with Crippen LogP contribution < -0.4 is 15.4 Å². The number of hydrogen-bond donors (Lipinski definition) is 2. The second kappa shape index (κ2) is 8.74. The summed E-state index contributed by atoms with van der Waals surface area (Å²) in [5.41, 5.74) is 2.25. The number of rotatable bonds is 6.